The molecule has 5 rings (SSSR count). The monoisotopic (exact) mass is 451 g/mol. The molecule has 4 aromatic rings. The van der Waals surface area contributed by atoms with Crippen LogP contribution in [-0.2, 0) is 0 Å². The van der Waals surface area contributed by atoms with E-state index in [4.69, 9.17) is 5.73 Å². The summed E-state index contributed by atoms with van der Waals surface area (Å²) in [7, 11) is 0. The van der Waals surface area contributed by atoms with Gasteiger partial charge in [-0.3, -0.25) is 4.79 Å². The van der Waals surface area contributed by atoms with E-state index in [1.54, 1.807) is 36.5 Å². The number of nitrogen functional groups attached to an aromatic ring is 1. The highest BCUT2D eigenvalue weighted by Crippen LogP contribution is 2.27. The molecule has 0 amide bonds. The van der Waals surface area contributed by atoms with Gasteiger partial charge in [-0.25, -0.2) is 9.97 Å². The van der Waals surface area contributed by atoms with Crippen molar-refractivity contribution in [2.24, 2.45) is 0 Å². The fraction of sp³-hybridized carbons (Fsp3) is 0.148. The number of aromatic hydroxyl groups is 1. The quantitative estimate of drug-likeness (QED) is 0.396. The number of rotatable bonds is 5. The summed E-state index contributed by atoms with van der Waals surface area (Å²) >= 11 is 0. The summed E-state index contributed by atoms with van der Waals surface area (Å²) < 4.78 is 0. The third-order valence-corrected chi connectivity index (χ3v) is 6.01. The summed E-state index contributed by atoms with van der Waals surface area (Å²) in [5, 5.41) is 13.4. The fourth-order valence-electron chi connectivity index (χ4n) is 4.23. The number of anilines is 2. The molecule has 7 nitrogen and oxygen atoms in total. The molecule has 1 aliphatic rings. The van der Waals surface area contributed by atoms with Gasteiger partial charge in [0.25, 0.3) is 0 Å². The Labute approximate surface area is 197 Å². The largest absolute Gasteiger partial charge is 0.508 e. The lowest BCUT2D eigenvalue weighted by Gasteiger charge is -2.35. The van der Waals surface area contributed by atoms with Gasteiger partial charge in [-0.05, 0) is 41.5 Å². The van der Waals surface area contributed by atoms with Crippen LogP contribution < -0.4 is 16.0 Å². The molecular formula is C27H25N5O2. The van der Waals surface area contributed by atoms with Gasteiger partial charge in [-0.1, -0.05) is 48.5 Å². The van der Waals surface area contributed by atoms with Gasteiger partial charge >= 0.3 is 0 Å². The van der Waals surface area contributed by atoms with Gasteiger partial charge in [0.05, 0.1) is 5.56 Å². The number of nitrogens with one attached hydrogen (secondary N) is 1. The van der Waals surface area contributed by atoms with Crippen molar-refractivity contribution in [2.75, 3.05) is 30.3 Å². The lowest BCUT2D eigenvalue weighted by atomic mass is 10.0. The molecule has 2 aromatic heterocycles. The van der Waals surface area contributed by atoms with Crippen LogP contribution in [-0.4, -0.2) is 40.5 Å². The van der Waals surface area contributed by atoms with Crippen molar-refractivity contribution >= 4 is 17.4 Å². The Balaban J connectivity index is 1.41. The number of carbonyl (C=O) groups excluding carboxylic acids is 1. The van der Waals surface area contributed by atoms with Gasteiger partial charge in [-0.2, -0.15) is 0 Å². The molecule has 34 heavy (non-hydrogen) atoms. The predicted octanol–water partition coefficient (Wildman–Crippen LogP) is 3.81. The number of piperazine rings is 1. The Bertz CT molecular complexity index is 1330. The number of aromatic nitrogens is 2. The second kappa shape index (κ2) is 9.33. The molecule has 2 aromatic carbocycles. The molecule has 0 bridgehead atoms. The van der Waals surface area contributed by atoms with E-state index in [9.17, 15) is 9.90 Å². The van der Waals surface area contributed by atoms with Crippen LogP contribution in [0.15, 0.2) is 85.1 Å². The van der Waals surface area contributed by atoms with Crippen LogP contribution in [0.25, 0.3) is 11.1 Å². The summed E-state index contributed by atoms with van der Waals surface area (Å²) in [5.41, 5.74) is 9.33. The van der Waals surface area contributed by atoms with Crippen LogP contribution in [0.4, 0.5) is 11.6 Å². The highest BCUT2D eigenvalue weighted by molar-refractivity contribution is 6.11. The second-order valence-electron chi connectivity index (χ2n) is 8.28. The van der Waals surface area contributed by atoms with Gasteiger partial charge < -0.3 is 21.1 Å². The van der Waals surface area contributed by atoms with Gasteiger partial charge in [-0.15, -0.1) is 0 Å². The smallest absolute Gasteiger partial charge is 0.215 e. The van der Waals surface area contributed by atoms with Crippen molar-refractivity contribution in [1.29, 1.82) is 0 Å². The molecule has 170 valence electrons. The average molecular weight is 452 g/mol. The molecule has 1 atom stereocenters. The number of phenols is 1. The van der Waals surface area contributed by atoms with Gasteiger partial charge in [0.15, 0.2) is 0 Å². The molecule has 0 radical (unpaired) electrons. The molecule has 3 heterocycles. The number of hydrogen-bond donors (Lipinski definition) is 3. The van der Waals surface area contributed by atoms with E-state index in [0.717, 1.165) is 31.0 Å². The van der Waals surface area contributed by atoms with E-state index < -0.39 is 0 Å². The van der Waals surface area contributed by atoms with Gasteiger partial charge in [0.2, 0.25) is 5.78 Å². The van der Waals surface area contributed by atoms with Crippen molar-refractivity contribution < 1.29 is 9.90 Å². The van der Waals surface area contributed by atoms with Crippen LogP contribution in [0.5, 0.6) is 5.75 Å². The standard InChI is InChI=1S/C27H25N5O2/c28-27-22(15-20(16-30-27)19-8-4-9-21(33)14-19)26(34)23-10-5-11-25(31-23)32-13-12-29-24(17-32)18-6-2-1-3-7-18/h1-11,14-16,24,29,33H,12-13,17H2,(H2,28,30). The van der Waals surface area contributed by atoms with Crippen LogP contribution in [0.3, 0.4) is 0 Å². The minimum atomic E-state index is -0.288. The summed E-state index contributed by atoms with van der Waals surface area (Å²) in [6.45, 7) is 2.37. The van der Waals surface area contributed by atoms with E-state index in [-0.39, 0.29) is 29.0 Å². The zero-order chi connectivity index (χ0) is 23.5. The van der Waals surface area contributed by atoms with E-state index in [2.05, 4.69) is 32.3 Å². The Kier molecular flexibility index (Phi) is 5.93. The first-order chi connectivity index (χ1) is 16.6. The van der Waals surface area contributed by atoms with Crippen molar-refractivity contribution in [1.82, 2.24) is 15.3 Å². The topological polar surface area (TPSA) is 104 Å². The summed E-state index contributed by atoms with van der Waals surface area (Å²) in [6, 6.07) is 24.5. The van der Waals surface area contributed by atoms with Crippen LogP contribution in [0.1, 0.15) is 27.7 Å². The highest BCUT2D eigenvalue weighted by Gasteiger charge is 2.23. The molecule has 1 saturated heterocycles. The molecule has 0 saturated carbocycles. The molecule has 4 N–H and O–H groups in total. The van der Waals surface area contributed by atoms with Crippen molar-refractivity contribution in [3.05, 3.63) is 102 Å². The second-order valence-corrected chi connectivity index (χ2v) is 8.28. The number of pyridine rings is 2. The molecular weight excluding hydrogens is 426 g/mol. The molecule has 1 aliphatic heterocycles. The molecule has 1 fully saturated rings. The minimum Gasteiger partial charge on any atom is -0.508 e. The first kappa shape index (κ1) is 21.6. The molecule has 0 spiro atoms. The van der Waals surface area contributed by atoms with Crippen LogP contribution in [0.2, 0.25) is 0 Å². The maximum Gasteiger partial charge on any atom is 0.215 e. The number of nitrogens with two attached hydrogens (primary N) is 1. The molecule has 7 heteroatoms. The first-order valence-electron chi connectivity index (χ1n) is 11.2. The van der Waals surface area contributed by atoms with Crippen LogP contribution >= 0.6 is 0 Å². The van der Waals surface area contributed by atoms with Crippen molar-refractivity contribution in [3.63, 3.8) is 0 Å². The maximum atomic E-state index is 13.4. The minimum absolute atomic E-state index is 0.140. The fourth-order valence-corrected chi connectivity index (χ4v) is 4.23. The zero-order valence-corrected chi connectivity index (χ0v) is 18.6. The highest BCUT2D eigenvalue weighted by atomic mass is 16.3. The Morgan fingerprint density at radius 1 is 1.00 bits per heavy atom. The van der Waals surface area contributed by atoms with Gasteiger partial charge in [0.1, 0.15) is 23.1 Å². The predicted molar refractivity (Wildman–Crippen MR) is 133 cm³/mol. The summed E-state index contributed by atoms with van der Waals surface area (Å²) in [6.07, 6.45) is 1.59. The SMILES string of the molecule is Nc1ncc(-c2cccc(O)c2)cc1C(=O)c1cccc(N2CCNC(c3ccccc3)C2)n1. The van der Waals surface area contributed by atoms with E-state index >= 15 is 0 Å². The summed E-state index contributed by atoms with van der Waals surface area (Å²) in [4.78, 5) is 24.5. The normalized spacial score (nSPS) is 15.8. The number of hydrogen-bond acceptors (Lipinski definition) is 7. The van der Waals surface area contributed by atoms with Crippen molar-refractivity contribution in [2.45, 2.75) is 6.04 Å². The van der Waals surface area contributed by atoms with Crippen LogP contribution in [0, 0.1) is 0 Å². The third kappa shape index (κ3) is 4.46. The molecule has 0 aliphatic carbocycles. The van der Waals surface area contributed by atoms with E-state index in [1.807, 2.05) is 36.4 Å². The third-order valence-electron chi connectivity index (χ3n) is 6.01. The summed E-state index contributed by atoms with van der Waals surface area (Å²) in [5.74, 6) is 0.751. The first-order valence-corrected chi connectivity index (χ1v) is 11.2. The lowest BCUT2D eigenvalue weighted by molar-refractivity contribution is 0.103. The molecule has 1 unspecified atom stereocenters. The zero-order valence-electron chi connectivity index (χ0n) is 18.6. The lowest BCUT2D eigenvalue weighted by Crippen LogP contribution is -2.46. The van der Waals surface area contributed by atoms with Crippen molar-refractivity contribution in [3.8, 4) is 16.9 Å². The maximum absolute atomic E-state index is 13.4. The van der Waals surface area contributed by atoms with E-state index in [1.165, 1.54) is 5.56 Å². The number of benzene rings is 2. The Morgan fingerprint density at radius 2 is 1.82 bits per heavy atom. The van der Waals surface area contributed by atoms with E-state index in [0.29, 0.717) is 11.3 Å². The number of ketones is 1. The average Bonchev–Trinajstić information content (AvgIpc) is 2.89. The van der Waals surface area contributed by atoms with Gasteiger partial charge in [0, 0.05) is 37.4 Å². The number of phenolic OH excluding ortho intramolecular Hbond substituents is 1. The number of carbonyl (C=O) groups is 1. The Hall–Kier alpha value is -4.23. The number of nitrogens with zero attached hydrogens (tertiary/aromatic N) is 3. The Morgan fingerprint density at radius 3 is 2.65 bits per heavy atom.